The van der Waals surface area contributed by atoms with Gasteiger partial charge in [0.05, 0.1) is 0 Å². The van der Waals surface area contributed by atoms with Crippen LogP contribution in [0, 0.1) is 11.8 Å². The quantitative estimate of drug-likeness (QED) is 0.460. The summed E-state index contributed by atoms with van der Waals surface area (Å²) in [6.45, 7) is 0.152. The molecule has 2 N–H and O–H groups in total. The van der Waals surface area contributed by atoms with Gasteiger partial charge in [0.2, 0.25) is 0 Å². The molecule has 1 aliphatic rings. The molecule has 0 aliphatic heterocycles. The van der Waals surface area contributed by atoms with Crippen LogP contribution in [-0.2, 0) is 9.59 Å². The lowest BCUT2D eigenvalue weighted by atomic mass is 9.90. The fourth-order valence-corrected chi connectivity index (χ4v) is 2.87. The van der Waals surface area contributed by atoms with E-state index in [1.165, 1.54) is 0 Å². The molecule has 1 aliphatic carbocycles. The predicted octanol–water partition coefficient (Wildman–Crippen LogP) is 3.56. The van der Waals surface area contributed by atoms with Gasteiger partial charge < -0.3 is 14.9 Å². The number of ketones is 1. The molecular formula is C22H26O5. The Kier molecular flexibility index (Phi) is 8.52. The summed E-state index contributed by atoms with van der Waals surface area (Å²) in [5.41, 5.74) is 0. The van der Waals surface area contributed by atoms with Gasteiger partial charge in [0.25, 0.3) is 0 Å². The van der Waals surface area contributed by atoms with E-state index in [0.29, 0.717) is 25.0 Å². The molecule has 0 fully saturated rings. The summed E-state index contributed by atoms with van der Waals surface area (Å²) in [4.78, 5) is 22.5. The molecule has 0 saturated heterocycles. The molecule has 0 amide bonds. The number of hydrogen-bond donors (Lipinski definition) is 2. The maximum absolute atomic E-state index is 12.0. The van der Waals surface area contributed by atoms with Gasteiger partial charge in [-0.1, -0.05) is 48.6 Å². The lowest BCUT2D eigenvalue weighted by Gasteiger charge is -2.14. The summed E-state index contributed by atoms with van der Waals surface area (Å²) in [5, 5.41) is 18.7. The van der Waals surface area contributed by atoms with Crippen molar-refractivity contribution in [3.8, 4) is 5.75 Å². The largest absolute Gasteiger partial charge is 0.491 e. The molecule has 0 aromatic heterocycles. The fourth-order valence-electron chi connectivity index (χ4n) is 2.87. The second-order valence-electron chi connectivity index (χ2n) is 6.51. The zero-order valence-corrected chi connectivity index (χ0v) is 15.2. The number of rotatable bonds is 11. The van der Waals surface area contributed by atoms with E-state index in [9.17, 15) is 14.7 Å². The Morgan fingerprint density at radius 3 is 2.74 bits per heavy atom. The van der Waals surface area contributed by atoms with Crippen LogP contribution in [0.2, 0.25) is 0 Å². The molecule has 27 heavy (non-hydrogen) atoms. The van der Waals surface area contributed by atoms with E-state index in [-0.39, 0.29) is 30.6 Å². The normalized spacial score (nSPS) is 20.6. The highest BCUT2D eigenvalue weighted by Gasteiger charge is 2.27. The molecule has 0 saturated carbocycles. The van der Waals surface area contributed by atoms with Gasteiger partial charge >= 0.3 is 5.97 Å². The Labute approximate surface area is 159 Å². The van der Waals surface area contributed by atoms with Crippen LogP contribution in [0.5, 0.6) is 5.75 Å². The second kappa shape index (κ2) is 11.1. The van der Waals surface area contributed by atoms with Crippen molar-refractivity contribution in [1.82, 2.24) is 0 Å². The summed E-state index contributed by atoms with van der Waals surface area (Å²) < 4.78 is 5.51. The van der Waals surface area contributed by atoms with Crippen molar-refractivity contribution >= 4 is 11.8 Å². The molecule has 5 nitrogen and oxygen atoms in total. The second-order valence-corrected chi connectivity index (χ2v) is 6.51. The third-order valence-electron chi connectivity index (χ3n) is 4.35. The number of unbranched alkanes of at least 4 members (excludes halogenated alkanes) is 1. The van der Waals surface area contributed by atoms with Gasteiger partial charge in [-0.2, -0.15) is 0 Å². The molecule has 3 unspecified atom stereocenters. The van der Waals surface area contributed by atoms with E-state index in [1.54, 1.807) is 12.2 Å². The number of aliphatic hydroxyl groups excluding tert-OH is 1. The van der Waals surface area contributed by atoms with Crippen LogP contribution < -0.4 is 4.74 Å². The zero-order chi connectivity index (χ0) is 19.5. The summed E-state index contributed by atoms with van der Waals surface area (Å²) in [7, 11) is 0. The molecule has 0 radical (unpaired) electrons. The van der Waals surface area contributed by atoms with E-state index in [0.717, 1.165) is 0 Å². The van der Waals surface area contributed by atoms with Crippen molar-refractivity contribution in [2.75, 3.05) is 6.61 Å². The average Bonchev–Trinajstić information content (AvgIpc) is 3.01. The Hall–Kier alpha value is -2.66. The first kappa shape index (κ1) is 20.6. The van der Waals surface area contributed by atoms with E-state index in [1.807, 2.05) is 54.6 Å². The molecule has 0 heterocycles. The minimum absolute atomic E-state index is 0.0486. The van der Waals surface area contributed by atoms with E-state index < -0.39 is 12.1 Å². The molecule has 2 rings (SSSR count). The number of allylic oxidation sites excluding steroid dienone is 5. The number of carbonyl (C=O) groups is 2. The van der Waals surface area contributed by atoms with Gasteiger partial charge in [-0.15, -0.1) is 0 Å². The number of ether oxygens (including phenoxy) is 1. The smallest absolute Gasteiger partial charge is 0.303 e. The summed E-state index contributed by atoms with van der Waals surface area (Å²) in [6.07, 6.45) is 12.1. The number of carbonyl (C=O) groups excluding carboxylic acids is 1. The lowest BCUT2D eigenvalue weighted by Crippen LogP contribution is -2.17. The molecule has 5 heteroatoms. The van der Waals surface area contributed by atoms with Crippen LogP contribution in [0.25, 0.3) is 0 Å². The molecule has 1 aromatic carbocycles. The number of para-hydroxylation sites is 1. The minimum atomic E-state index is -0.793. The molecule has 3 atom stereocenters. The van der Waals surface area contributed by atoms with Crippen molar-refractivity contribution in [2.24, 2.45) is 11.8 Å². The number of carboxylic acids is 1. The first-order chi connectivity index (χ1) is 13.1. The summed E-state index contributed by atoms with van der Waals surface area (Å²) in [6, 6.07) is 9.28. The van der Waals surface area contributed by atoms with Gasteiger partial charge in [0, 0.05) is 18.3 Å². The van der Waals surface area contributed by atoms with Crippen molar-refractivity contribution < 1.29 is 24.5 Å². The van der Waals surface area contributed by atoms with Crippen LogP contribution in [0.4, 0.5) is 0 Å². The molecule has 0 bridgehead atoms. The average molecular weight is 370 g/mol. The van der Waals surface area contributed by atoms with Crippen molar-refractivity contribution in [1.29, 1.82) is 0 Å². The van der Waals surface area contributed by atoms with Gasteiger partial charge in [-0.3, -0.25) is 9.59 Å². The van der Waals surface area contributed by atoms with Gasteiger partial charge in [-0.25, -0.2) is 0 Å². The van der Waals surface area contributed by atoms with Gasteiger partial charge in [0.1, 0.15) is 18.5 Å². The molecular weight excluding hydrogens is 344 g/mol. The highest BCUT2D eigenvalue weighted by molar-refractivity contribution is 5.95. The maximum atomic E-state index is 12.0. The lowest BCUT2D eigenvalue weighted by molar-refractivity contribution is -0.137. The third kappa shape index (κ3) is 7.62. The van der Waals surface area contributed by atoms with E-state index >= 15 is 0 Å². The molecule has 0 spiro atoms. The Morgan fingerprint density at radius 2 is 2.00 bits per heavy atom. The van der Waals surface area contributed by atoms with Crippen molar-refractivity contribution in [3.63, 3.8) is 0 Å². The molecule has 144 valence electrons. The van der Waals surface area contributed by atoms with Crippen LogP contribution in [-0.4, -0.2) is 34.7 Å². The zero-order valence-electron chi connectivity index (χ0n) is 15.2. The van der Waals surface area contributed by atoms with Crippen LogP contribution in [0.3, 0.4) is 0 Å². The van der Waals surface area contributed by atoms with E-state index in [2.05, 4.69) is 0 Å². The first-order valence-corrected chi connectivity index (χ1v) is 9.19. The van der Waals surface area contributed by atoms with Crippen molar-refractivity contribution in [3.05, 3.63) is 66.8 Å². The fraction of sp³-hybridized carbons (Fsp3) is 0.364. The van der Waals surface area contributed by atoms with Crippen molar-refractivity contribution in [2.45, 2.75) is 31.8 Å². The number of aliphatic hydroxyl groups is 1. The summed E-state index contributed by atoms with van der Waals surface area (Å²) in [5.74, 6) is -0.230. The Balaban J connectivity index is 1.76. The Morgan fingerprint density at radius 1 is 1.22 bits per heavy atom. The highest BCUT2D eigenvalue weighted by Crippen LogP contribution is 2.27. The van der Waals surface area contributed by atoms with Crippen LogP contribution in [0.15, 0.2) is 66.8 Å². The number of carboxylic acid groups (broad SMARTS) is 1. The monoisotopic (exact) mass is 370 g/mol. The number of aliphatic carboxylic acids is 1. The third-order valence-corrected chi connectivity index (χ3v) is 4.35. The Bertz CT molecular complexity index is 690. The SMILES string of the molecule is O=C(O)CCCC=CCC1C(=O)C=CC1C=CC(O)COc1ccccc1. The van der Waals surface area contributed by atoms with Crippen LogP contribution in [0.1, 0.15) is 25.7 Å². The molecule has 1 aromatic rings. The predicted molar refractivity (Wildman–Crippen MR) is 103 cm³/mol. The van der Waals surface area contributed by atoms with E-state index in [4.69, 9.17) is 9.84 Å². The highest BCUT2D eigenvalue weighted by atomic mass is 16.5. The minimum Gasteiger partial charge on any atom is -0.491 e. The van der Waals surface area contributed by atoms with Crippen LogP contribution >= 0.6 is 0 Å². The standard InChI is InChI=1S/C22H26O5/c23-18(16-27-19-8-4-3-5-9-19)14-12-17-13-15-21(24)20(17)10-6-1-2-7-11-22(25)26/h1,3-6,8-9,12-15,17-18,20,23H,2,7,10-11,16H2,(H,25,26). The first-order valence-electron chi connectivity index (χ1n) is 9.19. The van der Waals surface area contributed by atoms with Gasteiger partial charge in [-0.05, 0) is 37.5 Å². The topological polar surface area (TPSA) is 83.8 Å². The summed E-state index contributed by atoms with van der Waals surface area (Å²) >= 11 is 0. The van der Waals surface area contributed by atoms with Gasteiger partial charge in [0.15, 0.2) is 5.78 Å². The number of benzene rings is 1. The maximum Gasteiger partial charge on any atom is 0.303 e. The number of hydrogen-bond acceptors (Lipinski definition) is 4.